The van der Waals surface area contributed by atoms with Gasteiger partial charge < -0.3 is 9.84 Å². The Morgan fingerprint density at radius 3 is 2.42 bits per heavy atom. The lowest BCUT2D eigenvalue weighted by molar-refractivity contribution is -0.277. The second kappa shape index (κ2) is 5.33. The Hall–Kier alpha value is -2.00. The second-order valence-corrected chi connectivity index (χ2v) is 3.24. The van der Waals surface area contributed by atoms with Crippen molar-refractivity contribution >= 4 is 5.97 Å². The van der Waals surface area contributed by atoms with Crippen molar-refractivity contribution in [3.63, 3.8) is 0 Å². The van der Waals surface area contributed by atoms with E-state index in [0.29, 0.717) is 6.07 Å². The molecule has 1 aromatic rings. The molecule has 1 rings (SSSR count). The number of hydrogen-bond donors (Lipinski definition) is 1. The molecule has 0 aliphatic rings. The highest BCUT2D eigenvalue weighted by molar-refractivity contribution is 5.70. The maximum atomic E-state index is 13.4. The highest BCUT2D eigenvalue weighted by atomic mass is 19.4. The molecule has 0 bridgehead atoms. The first-order chi connectivity index (χ1) is 8.60. The zero-order valence-electron chi connectivity index (χ0n) is 8.84. The summed E-state index contributed by atoms with van der Waals surface area (Å²) in [7, 11) is 0. The van der Waals surface area contributed by atoms with Crippen LogP contribution in [-0.2, 0) is 11.2 Å². The smallest absolute Gasteiger partial charge is 0.481 e. The Morgan fingerprint density at radius 1 is 1.42 bits per heavy atom. The molecule has 0 radical (unpaired) electrons. The van der Waals surface area contributed by atoms with Crippen molar-refractivity contribution in [3.05, 3.63) is 23.1 Å². The van der Waals surface area contributed by atoms with Gasteiger partial charge >= 0.3 is 12.3 Å². The number of alkyl halides is 5. The number of carboxylic acid groups (broad SMARTS) is 1. The standard InChI is InChI=1S/C9H5F6NO3/c10-6-3(2-5(17)18)1-4(7(11)12)16-8(6)19-9(13,14)15/h1,7H,2H2,(H,17,18). The van der Waals surface area contributed by atoms with Crippen molar-refractivity contribution in [2.75, 3.05) is 0 Å². The average molecular weight is 289 g/mol. The first kappa shape index (κ1) is 15.1. The van der Waals surface area contributed by atoms with Crippen molar-refractivity contribution in [3.8, 4) is 5.88 Å². The fraction of sp³-hybridized carbons (Fsp3) is 0.333. The zero-order valence-corrected chi connectivity index (χ0v) is 8.84. The van der Waals surface area contributed by atoms with Gasteiger partial charge in [-0.25, -0.2) is 18.2 Å². The van der Waals surface area contributed by atoms with Crippen molar-refractivity contribution in [1.82, 2.24) is 4.98 Å². The third-order valence-electron chi connectivity index (χ3n) is 1.80. The number of carboxylic acids is 1. The van der Waals surface area contributed by atoms with E-state index >= 15 is 0 Å². The fourth-order valence-electron chi connectivity index (χ4n) is 1.16. The van der Waals surface area contributed by atoms with Crippen molar-refractivity contribution < 1.29 is 41.0 Å². The van der Waals surface area contributed by atoms with Gasteiger partial charge in [0.15, 0.2) is 5.82 Å². The van der Waals surface area contributed by atoms with E-state index in [9.17, 15) is 31.1 Å². The summed E-state index contributed by atoms with van der Waals surface area (Å²) in [5.74, 6) is -5.09. The summed E-state index contributed by atoms with van der Waals surface area (Å²) in [6.07, 6.45) is -9.72. The van der Waals surface area contributed by atoms with Crippen LogP contribution in [0.15, 0.2) is 6.07 Å². The molecule has 106 valence electrons. The van der Waals surface area contributed by atoms with Crippen LogP contribution in [0.2, 0.25) is 0 Å². The minimum atomic E-state index is -5.34. The summed E-state index contributed by atoms with van der Waals surface area (Å²) in [6.45, 7) is 0. The summed E-state index contributed by atoms with van der Waals surface area (Å²) in [5.41, 5.74) is -2.09. The van der Waals surface area contributed by atoms with Gasteiger partial charge in [-0.1, -0.05) is 0 Å². The number of halogens is 6. The molecule has 0 fully saturated rings. The predicted octanol–water partition coefficient (Wildman–Crippen LogP) is 2.68. The molecule has 0 aromatic carbocycles. The van der Waals surface area contributed by atoms with Gasteiger partial charge in [-0.2, -0.15) is 0 Å². The van der Waals surface area contributed by atoms with E-state index in [1.165, 1.54) is 0 Å². The van der Waals surface area contributed by atoms with Gasteiger partial charge in [0, 0.05) is 5.56 Å². The lowest BCUT2D eigenvalue weighted by atomic mass is 10.1. The minimum Gasteiger partial charge on any atom is -0.481 e. The van der Waals surface area contributed by atoms with Crippen LogP contribution in [-0.4, -0.2) is 22.4 Å². The number of aromatic nitrogens is 1. The lowest BCUT2D eigenvalue weighted by Crippen LogP contribution is -2.20. The number of aliphatic carboxylic acids is 1. The van der Waals surface area contributed by atoms with Gasteiger partial charge in [0.25, 0.3) is 12.3 Å². The molecule has 1 N–H and O–H groups in total. The summed E-state index contributed by atoms with van der Waals surface area (Å²) < 4.78 is 77.0. The average Bonchev–Trinajstić information content (AvgIpc) is 2.20. The Morgan fingerprint density at radius 2 is 2.00 bits per heavy atom. The molecule has 0 unspecified atom stereocenters. The number of ether oxygens (including phenoxy) is 1. The van der Waals surface area contributed by atoms with Crippen molar-refractivity contribution in [2.24, 2.45) is 0 Å². The van der Waals surface area contributed by atoms with Crippen LogP contribution in [0.1, 0.15) is 17.7 Å². The Kier molecular flexibility index (Phi) is 4.22. The number of pyridine rings is 1. The zero-order chi connectivity index (χ0) is 14.8. The van der Waals surface area contributed by atoms with Crippen LogP contribution < -0.4 is 4.74 Å². The second-order valence-electron chi connectivity index (χ2n) is 3.24. The lowest BCUT2D eigenvalue weighted by Gasteiger charge is -2.12. The predicted molar refractivity (Wildman–Crippen MR) is 47.2 cm³/mol. The summed E-state index contributed by atoms with van der Waals surface area (Å²) >= 11 is 0. The third-order valence-corrected chi connectivity index (χ3v) is 1.80. The number of nitrogens with zero attached hydrogens (tertiary/aromatic N) is 1. The monoisotopic (exact) mass is 289 g/mol. The highest BCUT2D eigenvalue weighted by Gasteiger charge is 2.34. The minimum absolute atomic E-state index is 0.372. The van der Waals surface area contributed by atoms with E-state index in [-0.39, 0.29) is 0 Å². The van der Waals surface area contributed by atoms with Gasteiger partial charge in [-0.05, 0) is 6.07 Å². The number of carbonyl (C=O) groups is 1. The maximum absolute atomic E-state index is 13.4. The topological polar surface area (TPSA) is 59.4 Å². The first-order valence-electron chi connectivity index (χ1n) is 4.55. The van der Waals surface area contributed by atoms with E-state index < -0.39 is 48.1 Å². The quantitative estimate of drug-likeness (QED) is 0.866. The fourth-order valence-corrected chi connectivity index (χ4v) is 1.16. The molecule has 0 atom stereocenters. The van der Waals surface area contributed by atoms with Crippen LogP contribution in [0, 0.1) is 5.82 Å². The van der Waals surface area contributed by atoms with Crippen LogP contribution in [0.25, 0.3) is 0 Å². The molecule has 0 saturated carbocycles. The van der Waals surface area contributed by atoms with Crippen molar-refractivity contribution in [1.29, 1.82) is 0 Å². The molecule has 4 nitrogen and oxygen atoms in total. The summed E-state index contributed by atoms with van der Waals surface area (Å²) in [5, 5.41) is 8.41. The van der Waals surface area contributed by atoms with Crippen LogP contribution >= 0.6 is 0 Å². The van der Waals surface area contributed by atoms with Gasteiger partial charge in [0.05, 0.1) is 6.42 Å². The molecule has 0 spiro atoms. The van der Waals surface area contributed by atoms with Crippen LogP contribution in [0.3, 0.4) is 0 Å². The van der Waals surface area contributed by atoms with E-state index in [1.54, 1.807) is 0 Å². The Balaban J connectivity index is 3.28. The summed E-state index contributed by atoms with van der Waals surface area (Å²) in [4.78, 5) is 13.0. The van der Waals surface area contributed by atoms with E-state index in [0.717, 1.165) is 0 Å². The molecular weight excluding hydrogens is 284 g/mol. The molecule has 0 aliphatic carbocycles. The van der Waals surface area contributed by atoms with E-state index in [1.807, 2.05) is 0 Å². The normalized spacial score (nSPS) is 11.7. The largest absolute Gasteiger partial charge is 0.574 e. The molecule has 1 heterocycles. The Bertz CT molecular complexity index is 488. The van der Waals surface area contributed by atoms with Gasteiger partial charge in [0.2, 0.25) is 0 Å². The van der Waals surface area contributed by atoms with Gasteiger partial charge in [-0.15, -0.1) is 13.2 Å². The molecular formula is C9H5F6NO3. The molecule has 0 amide bonds. The SMILES string of the molecule is O=C(O)Cc1cc(C(F)F)nc(OC(F)(F)F)c1F. The summed E-state index contributed by atoms with van der Waals surface area (Å²) in [6, 6.07) is 0.372. The highest BCUT2D eigenvalue weighted by Crippen LogP contribution is 2.29. The molecule has 10 heteroatoms. The van der Waals surface area contributed by atoms with Crippen LogP contribution in [0.4, 0.5) is 26.3 Å². The van der Waals surface area contributed by atoms with Crippen molar-refractivity contribution in [2.45, 2.75) is 19.2 Å². The Labute approximate surface area is 101 Å². The van der Waals surface area contributed by atoms with E-state index in [4.69, 9.17) is 5.11 Å². The first-order valence-corrected chi connectivity index (χ1v) is 4.55. The molecule has 0 aliphatic heterocycles. The van der Waals surface area contributed by atoms with Gasteiger partial charge in [0.1, 0.15) is 5.69 Å². The molecule has 19 heavy (non-hydrogen) atoms. The third kappa shape index (κ3) is 4.30. The molecule has 0 saturated heterocycles. The van der Waals surface area contributed by atoms with E-state index in [2.05, 4.69) is 9.72 Å². The molecule has 1 aromatic heterocycles. The number of hydrogen-bond acceptors (Lipinski definition) is 3. The number of rotatable bonds is 4. The maximum Gasteiger partial charge on any atom is 0.574 e. The van der Waals surface area contributed by atoms with Gasteiger partial charge in [-0.3, -0.25) is 4.79 Å². The van der Waals surface area contributed by atoms with Crippen LogP contribution in [0.5, 0.6) is 5.88 Å².